The number of benzene rings is 1. The van der Waals surface area contributed by atoms with E-state index in [1.165, 1.54) is 16.6 Å². The molecule has 1 amide bonds. The molecule has 33 heavy (non-hydrogen) atoms. The smallest absolute Gasteiger partial charge is 0.248 e. The second kappa shape index (κ2) is 9.76. The number of aryl methyl sites for hydroxylation is 2. The van der Waals surface area contributed by atoms with Gasteiger partial charge in [0.25, 0.3) is 0 Å². The molecule has 1 aromatic carbocycles. The van der Waals surface area contributed by atoms with Crippen LogP contribution in [0.4, 0.5) is 0 Å². The summed E-state index contributed by atoms with van der Waals surface area (Å²) in [5.41, 5.74) is 2.43. The highest BCUT2D eigenvalue weighted by molar-refractivity contribution is 7.89. The van der Waals surface area contributed by atoms with Gasteiger partial charge in [-0.25, -0.2) is 8.42 Å². The normalized spacial score (nSPS) is 17.5. The number of furan rings is 1. The van der Waals surface area contributed by atoms with E-state index in [-0.39, 0.29) is 28.8 Å². The molecule has 1 fully saturated rings. The molecule has 0 bridgehead atoms. The van der Waals surface area contributed by atoms with Gasteiger partial charge in [-0.1, -0.05) is 35.0 Å². The summed E-state index contributed by atoms with van der Waals surface area (Å²) in [5, 5.41) is 6.80. The van der Waals surface area contributed by atoms with Crippen LogP contribution in [0.1, 0.15) is 41.2 Å². The van der Waals surface area contributed by atoms with Crippen LogP contribution in [0.2, 0.25) is 0 Å². The van der Waals surface area contributed by atoms with E-state index in [9.17, 15) is 13.2 Å². The van der Waals surface area contributed by atoms with Crippen LogP contribution < -0.4 is 5.32 Å². The van der Waals surface area contributed by atoms with Crippen molar-refractivity contribution >= 4 is 28.1 Å². The monoisotopic (exact) mass is 469 g/mol. The summed E-state index contributed by atoms with van der Waals surface area (Å²) in [7, 11) is -3.89. The zero-order valence-electron chi connectivity index (χ0n) is 18.7. The van der Waals surface area contributed by atoms with E-state index < -0.39 is 15.9 Å². The minimum Gasteiger partial charge on any atom is -0.465 e. The molecule has 1 saturated heterocycles. The van der Waals surface area contributed by atoms with Gasteiger partial charge in [0, 0.05) is 19.6 Å². The number of nitrogens with one attached hydrogen (secondary N) is 1. The Kier molecular flexibility index (Phi) is 6.80. The molecule has 9 heteroatoms. The highest BCUT2D eigenvalue weighted by atomic mass is 32.2. The quantitative estimate of drug-likeness (QED) is 0.565. The number of hydrogen-bond donors (Lipinski definition) is 1. The number of aromatic nitrogens is 1. The predicted molar refractivity (Wildman–Crippen MR) is 123 cm³/mol. The Morgan fingerprint density at radius 3 is 2.73 bits per heavy atom. The summed E-state index contributed by atoms with van der Waals surface area (Å²) in [6.07, 6.45) is 5.92. The Bertz CT molecular complexity index is 1230. The maximum absolute atomic E-state index is 13.5. The molecule has 4 rings (SSSR count). The third-order valence-corrected chi connectivity index (χ3v) is 7.74. The van der Waals surface area contributed by atoms with Crippen molar-refractivity contribution in [2.24, 2.45) is 5.92 Å². The van der Waals surface area contributed by atoms with E-state index >= 15 is 0 Å². The van der Waals surface area contributed by atoms with Gasteiger partial charge < -0.3 is 14.3 Å². The molecule has 174 valence electrons. The molecule has 3 heterocycles. The lowest BCUT2D eigenvalue weighted by Crippen LogP contribution is -2.45. The first kappa shape index (κ1) is 23.0. The number of nitrogens with zero attached hydrogens (tertiary/aromatic N) is 2. The average molecular weight is 470 g/mol. The fourth-order valence-corrected chi connectivity index (χ4v) is 5.66. The van der Waals surface area contributed by atoms with Crippen molar-refractivity contribution in [3.05, 3.63) is 71.0 Å². The standard InChI is InChI=1S/C24H27N3O5S/c1-17-7-9-19(10-8-17)15-25-24(28)20-5-3-13-27(16-20)33(29,30)23-18(2)26-32-22(23)12-11-21-6-4-14-31-21/h4,6-12,14,20H,3,5,13,15-16H2,1-2H3,(H,25,28)/b12-11+/t20-/m1/s1. The van der Waals surface area contributed by atoms with E-state index in [0.717, 1.165) is 11.1 Å². The fourth-order valence-electron chi connectivity index (χ4n) is 3.89. The number of amides is 1. The lowest BCUT2D eigenvalue weighted by Gasteiger charge is -2.31. The van der Waals surface area contributed by atoms with Crippen LogP contribution in [0.15, 0.2) is 56.5 Å². The minimum atomic E-state index is -3.89. The molecular formula is C24H27N3O5S. The number of carbonyl (C=O) groups excluding carboxylic acids is 1. The van der Waals surface area contributed by atoms with Gasteiger partial charge in [-0.2, -0.15) is 4.31 Å². The van der Waals surface area contributed by atoms with Gasteiger partial charge in [0.05, 0.1) is 12.2 Å². The number of piperidine rings is 1. The second-order valence-corrected chi connectivity index (χ2v) is 10.1. The van der Waals surface area contributed by atoms with Gasteiger partial charge in [0.15, 0.2) is 10.7 Å². The third kappa shape index (κ3) is 5.26. The van der Waals surface area contributed by atoms with Crippen molar-refractivity contribution in [1.29, 1.82) is 0 Å². The van der Waals surface area contributed by atoms with Crippen molar-refractivity contribution in [3.8, 4) is 0 Å². The first-order chi connectivity index (χ1) is 15.8. The van der Waals surface area contributed by atoms with Crippen molar-refractivity contribution in [3.63, 3.8) is 0 Å². The van der Waals surface area contributed by atoms with E-state index in [4.69, 9.17) is 8.94 Å². The van der Waals surface area contributed by atoms with Crippen molar-refractivity contribution in [2.75, 3.05) is 13.1 Å². The maximum Gasteiger partial charge on any atom is 0.248 e. The zero-order chi connectivity index (χ0) is 23.4. The zero-order valence-corrected chi connectivity index (χ0v) is 19.5. The van der Waals surface area contributed by atoms with E-state index in [1.54, 1.807) is 25.1 Å². The SMILES string of the molecule is Cc1ccc(CNC(=O)[C@@H]2CCCN(S(=O)(=O)c3c(C)noc3/C=C/c3ccco3)C2)cc1. The summed E-state index contributed by atoms with van der Waals surface area (Å²) < 4.78 is 38.8. The van der Waals surface area contributed by atoms with Gasteiger partial charge in [-0.3, -0.25) is 4.79 Å². The Balaban J connectivity index is 1.46. The first-order valence-corrected chi connectivity index (χ1v) is 12.3. The van der Waals surface area contributed by atoms with Crippen molar-refractivity contribution < 1.29 is 22.2 Å². The minimum absolute atomic E-state index is 0.0195. The van der Waals surface area contributed by atoms with Gasteiger partial charge in [0.1, 0.15) is 11.5 Å². The molecule has 1 aliphatic rings. The first-order valence-electron chi connectivity index (χ1n) is 10.9. The molecule has 0 radical (unpaired) electrons. The molecule has 1 atom stereocenters. The Hall–Kier alpha value is -3.17. The van der Waals surface area contributed by atoms with Gasteiger partial charge in [-0.15, -0.1) is 0 Å². The predicted octanol–water partition coefficient (Wildman–Crippen LogP) is 3.77. The Labute approximate surface area is 193 Å². The summed E-state index contributed by atoms with van der Waals surface area (Å²) in [5.74, 6) is 0.141. The Morgan fingerprint density at radius 1 is 1.21 bits per heavy atom. The van der Waals surface area contributed by atoms with Crippen LogP contribution in [0.5, 0.6) is 0 Å². The van der Waals surface area contributed by atoms with Crippen LogP contribution >= 0.6 is 0 Å². The van der Waals surface area contributed by atoms with Crippen molar-refractivity contribution in [2.45, 2.75) is 38.1 Å². The van der Waals surface area contributed by atoms with Gasteiger partial charge >= 0.3 is 0 Å². The lowest BCUT2D eigenvalue weighted by molar-refractivity contribution is -0.126. The van der Waals surface area contributed by atoms with Crippen LogP contribution in [-0.2, 0) is 21.4 Å². The number of rotatable bonds is 7. The molecule has 2 aromatic heterocycles. The second-order valence-electron chi connectivity index (χ2n) is 8.22. The molecule has 0 aliphatic carbocycles. The van der Waals surface area contributed by atoms with Crippen LogP contribution in [0.25, 0.3) is 12.2 Å². The summed E-state index contributed by atoms with van der Waals surface area (Å²) >= 11 is 0. The third-order valence-electron chi connectivity index (χ3n) is 5.72. The topological polar surface area (TPSA) is 106 Å². The molecule has 8 nitrogen and oxygen atoms in total. The summed E-state index contributed by atoms with van der Waals surface area (Å²) in [6.45, 7) is 4.48. The van der Waals surface area contributed by atoms with E-state index in [1.807, 2.05) is 31.2 Å². The Morgan fingerprint density at radius 2 is 2.00 bits per heavy atom. The molecule has 3 aromatic rings. The van der Waals surface area contributed by atoms with Gasteiger partial charge in [0.2, 0.25) is 15.9 Å². The van der Waals surface area contributed by atoms with Gasteiger partial charge in [-0.05, 0) is 56.5 Å². The maximum atomic E-state index is 13.5. The average Bonchev–Trinajstić information content (AvgIpc) is 3.47. The van der Waals surface area contributed by atoms with Crippen LogP contribution in [-0.4, -0.2) is 36.9 Å². The number of hydrogen-bond acceptors (Lipinski definition) is 6. The number of carbonyl (C=O) groups is 1. The lowest BCUT2D eigenvalue weighted by atomic mass is 9.98. The van der Waals surface area contributed by atoms with Crippen molar-refractivity contribution in [1.82, 2.24) is 14.8 Å². The van der Waals surface area contributed by atoms with Crippen LogP contribution in [0, 0.1) is 19.8 Å². The fraction of sp³-hybridized carbons (Fsp3) is 0.333. The molecule has 0 unspecified atom stereocenters. The molecule has 1 N–H and O–H groups in total. The number of sulfonamides is 1. The molecule has 0 spiro atoms. The summed E-state index contributed by atoms with van der Waals surface area (Å²) in [6, 6.07) is 11.4. The molecule has 1 aliphatic heterocycles. The van der Waals surface area contributed by atoms with E-state index in [0.29, 0.717) is 31.7 Å². The largest absolute Gasteiger partial charge is 0.465 e. The highest BCUT2D eigenvalue weighted by Crippen LogP contribution is 2.29. The highest BCUT2D eigenvalue weighted by Gasteiger charge is 2.36. The molecule has 0 saturated carbocycles. The van der Waals surface area contributed by atoms with E-state index in [2.05, 4.69) is 10.5 Å². The molecular weight excluding hydrogens is 442 g/mol. The summed E-state index contributed by atoms with van der Waals surface area (Å²) in [4.78, 5) is 12.8. The van der Waals surface area contributed by atoms with Crippen LogP contribution in [0.3, 0.4) is 0 Å².